The minimum absolute atomic E-state index is 0.0893. The number of halogens is 1. The molecule has 3 fully saturated rings. The number of carbonyl (C=O) groups is 3. The van der Waals surface area contributed by atoms with E-state index >= 15 is 0 Å². The Morgan fingerprint density at radius 1 is 0.865 bits per heavy atom. The fraction of sp³-hybridized carbons (Fsp3) is 0.463. The maximum atomic E-state index is 13.5. The van der Waals surface area contributed by atoms with Crippen molar-refractivity contribution < 1.29 is 23.9 Å². The highest BCUT2D eigenvalue weighted by atomic mass is 35.5. The predicted molar refractivity (Wildman–Crippen MR) is 201 cm³/mol. The van der Waals surface area contributed by atoms with Gasteiger partial charge in [0.15, 0.2) is 0 Å². The topological polar surface area (TPSA) is 87.0 Å². The van der Waals surface area contributed by atoms with Crippen LogP contribution in [0.3, 0.4) is 0 Å². The van der Waals surface area contributed by atoms with E-state index in [1.807, 2.05) is 35.2 Å². The van der Waals surface area contributed by atoms with Crippen molar-refractivity contribution in [2.75, 3.05) is 63.3 Å². The molecule has 1 amide bonds. The van der Waals surface area contributed by atoms with E-state index in [0.717, 1.165) is 93.8 Å². The van der Waals surface area contributed by atoms with Crippen LogP contribution in [0.2, 0.25) is 5.02 Å². The number of benzene rings is 3. The molecule has 0 saturated carbocycles. The molecule has 10 nitrogen and oxygen atoms in total. The minimum atomic E-state index is -0.548. The minimum Gasteiger partial charge on any atom is -0.465 e. The number of fused-ring (bicyclic) bond motifs is 1. The second-order valence-corrected chi connectivity index (χ2v) is 15.4. The Hall–Kier alpha value is -4.59. The molecule has 0 N–H and O–H groups in total. The van der Waals surface area contributed by atoms with Gasteiger partial charge in [0.2, 0.25) is 5.69 Å². The number of ether oxygens (including phenoxy) is 2. The van der Waals surface area contributed by atoms with E-state index in [1.165, 1.54) is 19.9 Å². The lowest BCUT2D eigenvalue weighted by molar-refractivity contribution is 0.0555. The third kappa shape index (κ3) is 7.09. The van der Waals surface area contributed by atoms with Crippen LogP contribution >= 0.6 is 11.6 Å². The summed E-state index contributed by atoms with van der Waals surface area (Å²) >= 11 is 6.38. The Morgan fingerprint density at radius 2 is 1.46 bits per heavy atom. The third-order valence-corrected chi connectivity index (χ3v) is 12.1. The molecule has 0 aromatic heterocycles. The summed E-state index contributed by atoms with van der Waals surface area (Å²) in [5.74, 6) is -0.547. The summed E-state index contributed by atoms with van der Waals surface area (Å²) in [6.07, 6.45) is 5.24. The number of esters is 2. The van der Waals surface area contributed by atoms with E-state index in [0.29, 0.717) is 35.8 Å². The van der Waals surface area contributed by atoms with Crippen LogP contribution < -0.4 is 9.80 Å². The molecule has 272 valence electrons. The van der Waals surface area contributed by atoms with Crippen molar-refractivity contribution in [1.82, 2.24) is 9.80 Å². The summed E-state index contributed by atoms with van der Waals surface area (Å²) in [7, 11) is 2.62. The van der Waals surface area contributed by atoms with Crippen molar-refractivity contribution in [3.8, 4) is 0 Å². The van der Waals surface area contributed by atoms with Crippen molar-refractivity contribution in [2.45, 2.75) is 58.2 Å². The maximum absolute atomic E-state index is 13.5. The first kappa shape index (κ1) is 35.8. The van der Waals surface area contributed by atoms with Crippen LogP contribution in [0, 0.1) is 17.9 Å². The number of hydrogen-bond donors (Lipinski definition) is 0. The van der Waals surface area contributed by atoms with Crippen LogP contribution in [-0.2, 0) is 22.6 Å². The molecule has 4 aliphatic rings. The van der Waals surface area contributed by atoms with Gasteiger partial charge >= 0.3 is 11.9 Å². The average Bonchev–Trinajstić information content (AvgIpc) is 3.72. The first-order valence-corrected chi connectivity index (χ1v) is 18.6. The predicted octanol–water partition coefficient (Wildman–Crippen LogP) is 7.22. The quantitative estimate of drug-likeness (QED) is 0.187. The van der Waals surface area contributed by atoms with Crippen molar-refractivity contribution in [2.24, 2.45) is 11.3 Å². The van der Waals surface area contributed by atoms with Crippen LogP contribution in [0.4, 0.5) is 17.1 Å². The fourth-order valence-electron chi connectivity index (χ4n) is 8.92. The summed E-state index contributed by atoms with van der Waals surface area (Å²) in [6.45, 7) is 16.3. The summed E-state index contributed by atoms with van der Waals surface area (Å²) in [5.41, 5.74) is 6.28. The molecule has 3 aromatic carbocycles. The van der Waals surface area contributed by atoms with Crippen LogP contribution in [0.5, 0.6) is 0 Å². The van der Waals surface area contributed by atoms with Crippen molar-refractivity contribution >= 4 is 46.5 Å². The number of rotatable bonds is 7. The van der Waals surface area contributed by atoms with Gasteiger partial charge in [0.05, 0.1) is 31.9 Å². The van der Waals surface area contributed by atoms with E-state index in [1.54, 1.807) is 12.1 Å². The Bertz CT molecular complexity index is 1850. The molecule has 11 heteroatoms. The Kier molecular flexibility index (Phi) is 10.2. The molecule has 0 aliphatic carbocycles. The number of likely N-dealkylation sites (tertiary alicyclic amines) is 1. The number of hydrogen-bond acceptors (Lipinski definition) is 8. The molecule has 7 rings (SSSR count). The maximum Gasteiger partial charge on any atom is 0.338 e. The zero-order valence-corrected chi connectivity index (χ0v) is 31.0. The van der Waals surface area contributed by atoms with E-state index in [9.17, 15) is 14.4 Å². The van der Waals surface area contributed by atoms with Gasteiger partial charge in [-0.3, -0.25) is 9.69 Å². The van der Waals surface area contributed by atoms with Gasteiger partial charge in [0.1, 0.15) is 0 Å². The lowest BCUT2D eigenvalue weighted by Gasteiger charge is -2.40. The monoisotopic (exact) mass is 723 g/mol. The summed E-state index contributed by atoms with van der Waals surface area (Å²) in [6, 6.07) is 17.9. The zero-order valence-electron chi connectivity index (χ0n) is 30.2. The Morgan fingerprint density at radius 3 is 2.02 bits per heavy atom. The smallest absolute Gasteiger partial charge is 0.338 e. The molecule has 1 spiro atoms. The molecular formula is C41H46ClN5O5. The largest absolute Gasteiger partial charge is 0.465 e. The molecular weight excluding hydrogens is 678 g/mol. The van der Waals surface area contributed by atoms with E-state index in [2.05, 4.69) is 38.6 Å². The van der Waals surface area contributed by atoms with E-state index in [4.69, 9.17) is 27.6 Å². The highest BCUT2D eigenvalue weighted by Crippen LogP contribution is 2.46. The molecule has 0 bridgehead atoms. The number of amides is 1. The molecule has 3 aromatic rings. The van der Waals surface area contributed by atoms with Gasteiger partial charge in [-0.15, -0.1) is 0 Å². The lowest BCUT2D eigenvalue weighted by Crippen LogP contribution is -2.42. The zero-order chi connectivity index (χ0) is 36.6. The van der Waals surface area contributed by atoms with Gasteiger partial charge in [-0.2, -0.15) is 0 Å². The van der Waals surface area contributed by atoms with Gasteiger partial charge in [0, 0.05) is 80.4 Å². The summed E-state index contributed by atoms with van der Waals surface area (Å²) in [5, 5.41) is 0.517. The molecule has 0 unspecified atom stereocenters. The van der Waals surface area contributed by atoms with Crippen LogP contribution in [-0.4, -0.2) is 87.2 Å². The SMILES string of the molecule is [C-]#[N+]c1ccc(N2CC3(CCN(c4ccc(C(=O)N5CCC(CN6Cc7cc(C(=O)OC)c(C(=O)OC)cc7C6)CC5)cc4)CC3)C[C@@H]2C)cc1Cl. The molecule has 52 heavy (non-hydrogen) atoms. The van der Waals surface area contributed by atoms with Gasteiger partial charge in [-0.25, -0.2) is 14.4 Å². The fourth-order valence-corrected chi connectivity index (χ4v) is 9.14. The first-order chi connectivity index (χ1) is 25.1. The molecule has 4 heterocycles. The average molecular weight is 724 g/mol. The highest BCUT2D eigenvalue weighted by Gasteiger charge is 2.44. The number of methoxy groups -OCH3 is 2. The highest BCUT2D eigenvalue weighted by molar-refractivity contribution is 6.33. The van der Waals surface area contributed by atoms with E-state index < -0.39 is 11.9 Å². The second-order valence-electron chi connectivity index (χ2n) is 15.0. The van der Waals surface area contributed by atoms with Crippen molar-refractivity contribution in [1.29, 1.82) is 0 Å². The first-order valence-electron chi connectivity index (χ1n) is 18.2. The number of carbonyl (C=O) groups excluding carboxylic acids is 3. The van der Waals surface area contributed by atoms with Crippen LogP contribution in [0.15, 0.2) is 54.6 Å². The Balaban J connectivity index is 0.889. The summed E-state index contributed by atoms with van der Waals surface area (Å²) < 4.78 is 9.82. The number of anilines is 2. The number of nitrogens with zero attached hydrogens (tertiary/aromatic N) is 5. The van der Waals surface area contributed by atoms with Crippen molar-refractivity contribution in [3.05, 3.63) is 98.9 Å². The Labute approximate surface area is 311 Å². The second kappa shape index (κ2) is 14.8. The van der Waals surface area contributed by atoms with Gasteiger partial charge in [0.25, 0.3) is 5.91 Å². The number of piperidine rings is 2. The third-order valence-electron chi connectivity index (χ3n) is 11.8. The molecule has 4 aliphatic heterocycles. The molecule has 3 saturated heterocycles. The van der Waals surface area contributed by atoms with Gasteiger partial charge < -0.3 is 24.2 Å². The molecule has 0 radical (unpaired) electrons. The van der Waals surface area contributed by atoms with Crippen LogP contribution in [0.1, 0.15) is 81.2 Å². The van der Waals surface area contributed by atoms with Crippen LogP contribution in [0.25, 0.3) is 4.85 Å². The van der Waals surface area contributed by atoms with E-state index in [-0.39, 0.29) is 22.4 Å². The molecule has 1 atom stereocenters. The summed E-state index contributed by atoms with van der Waals surface area (Å²) in [4.78, 5) is 51.0. The van der Waals surface area contributed by atoms with Crippen molar-refractivity contribution in [3.63, 3.8) is 0 Å². The standard InChI is InChI=1S/C41H46ClN5O5/c1-27-22-41(26-47(27)33-9-10-37(43-2)36(42)21-33)13-17-45(18-14-41)32-7-5-29(6-8-32)38(48)46-15-11-28(12-16-46)23-44-24-30-19-34(39(49)51-3)35(40(50)52-4)20-31(30)25-44/h5-10,19-21,27-28H,11-18,22-26H2,1,3-4H3/t27-/m0/s1. The lowest BCUT2D eigenvalue weighted by atomic mass is 9.76. The normalized spacial score (nSPS) is 20.1. The van der Waals surface area contributed by atoms with Gasteiger partial charge in [-0.1, -0.05) is 17.7 Å². The van der Waals surface area contributed by atoms with Gasteiger partial charge in [-0.05, 0) is 110 Å².